The van der Waals surface area contributed by atoms with E-state index in [0.717, 1.165) is 6.33 Å². The minimum Gasteiger partial charge on any atom is -0.387 e. The maximum absolute atomic E-state index is 12.4. The van der Waals surface area contributed by atoms with Crippen molar-refractivity contribution in [3.8, 4) is 0 Å². The van der Waals surface area contributed by atoms with Gasteiger partial charge in [0.15, 0.2) is 23.9 Å². The Bertz CT molecular complexity index is 1560. The van der Waals surface area contributed by atoms with E-state index in [4.69, 9.17) is 30.0 Å². The van der Waals surface area contributed by atoms with Crippen molar-refractivity contribution in [2.24, 2.45) is 5.73 Å². The average molecular weight is 873 g/mol. The number of ether oxygens (including phenoxy) is 2. The second-order valence-corrected chi connectivity index (χ2v) is 12.9. The smallest absolute Gasteiger partial charge is 0.387 e. The molecule has 2 unspecified atom stereocenters. The van der Waals surface area contributed by atoms with E-state index in [1.807, 2.05) is 0 Å². The molecule has 3 aliphatic heterocycles. The second kappa shape index (κ2) is 14.0. The molecule has 24 heteroatoms. The topological polar surface area (TPSA) is 318 Å². The quantitative estimate of drug-likeness (QED) is 0.0821. The summed E-state index contributed by atoms with van der Waals surface area (Å²) in [5.74, 6) is -0.658. The van der Waals surface area contributed by atoms with E-state index >= 15 is 0 Å². The van der Waals surface area contributed by atoms with Crippen LogP contribution in [0.1, 0.15) is 12.6 Å². The molecule has 10 N–H and O–H groups in total. The van der Waals surface area contributed by atoms with Gasteiger partial charge in [-0.2, -0.15) is 4.31 Å². The summed E-state index contributed by atoms with van der Waals surface area (Å²) < 4.78 is 50.8. The third-order valence-corrected chi connectivity index (χ3v) is 9.48. The van der Waals surface area contributed by atoms with Crippen molar-refractivity contribution in [3.05, 3.63) is 36.7 Å². The predicted molar refractivity (Wildman–Crippen MR) is 148 cm³/mol. The summed E-state index contributed by atoms with van der Waals surface area (Å²) in [6, 6.07) is 0. The van der Waals surface area contributed by atoms with E-state index in [2.05, 4.69) is 19.3 Å². The van der Waals surface area contributed by atoms with Gasteiger partial charge in [0.25, 0.3) is 0 Å². The van der Waals surface area contributed by atoms with Crippen LogP contribution in [0, 0.1) is 0 Å². The first-order valence-corrected chi connectivity index (χ1v) is 15.7. The second-order valence-electron chi connectivity index (χ2n) is 9.84. The summed E-state index contributed by atoms with van der Waals surface area (Å²) in [6.07, 6.45) is -4.88. The van der Waals surface area contributed by atoms with E-state index in [1.165, 1.54) is 28.2 Å². The van der Waals surface area contributed by atoms with E-state index in [0.29, 0.717) is 0 Å². The molecule has 5 rings (SSSR count). The number of primary amides is 1. The maximum atomic E-state index is 12.4. The fourth-order valence-electron chi connectivity index (χ4n) is 4.68. The number of hydrogen-bond donors (Lipinski definition) is 8. The summed E-state index contributed by atoms with van der Waals surface area (Å²) in [5, 5.41) is 41.6. The van der Waals surface area contributed by atoms with Gasteiger partial charge in [0, 0.05) is 45.3 Å². The first kappa shape index (κ1) is 35.9. The standard InChI is InChI=1S/C21H29N7O14P2.Pb/c22-17-12-19(25-7-24-17)28(8-26-12)21-16(32)14(30)11(41-21)6-39-44(36,37)42-43(34,35)38-5-10-13(29)15(31)20(40-10)27-3-1-2-9(4-27)18(23)33;/h1,3-4,7-8,10-11,13-16,20-21,29-32H,2,5-6H2,(H2,23,33)(H,34,35)(H,36,37)(H2,22,24,25);/t10-,11-,13-,14-,15-,16-,20-,21-;/m1./s1. The number of imidazole rings is 1. The molecule has 0 aromatic carbocycles. The molecular formula is C21H29N7O14P2Pb. The monoisotopic (exact) mass is 873 g/mol. The molecule has 0 spiro atoms. The minimum absolute atomic E-state index is 0. The first-order chi connectivity index (χ1) is 20.7. The summed E-state index contributed by atoms with van der Waals surface area (Å²) in [6.45, 7) is -1.79. The number of nitrogens with zero attached hydrogens (tertiary/aromatic N) is 5. The number of nitrogen functional groups attached to an aromatic ring is 1. The number of carbonyl (C=O) groups excluding carboxylic acids is 1. The SMILES string of the molecule is NC(=O)C1=CN([C@@H]2O[C@H](COP(=O)(O)OP(=O)(O)OC[C@H]3O[C@@H](n4cnc5c(N)ncnc54)[C@H](O)[C@@H]3O)[C@@H](O)[C@H]2O)C=CC1.[Pb]. The number of hydrogen-bond acceptors (Lipinski definition) is 17. The fraction of sp³-hybridized carbons (Fsp3) is 0.524. The summed E-state index contributed by atoms with van der Waals surface area (Å²) >= 11 is 0. The number of allylic oxidation sites excluding steroid dienone is 1. The van der Waals surface area contributed by atoms with Crippen LogP contribution in [-0.4, -0.2) is 144 Å². The van der Waals surface area contributed by atoms with Crippen LogP contribution in [0.2, 0.25) is 0 Å². The Morgan fingerprint density at radius 2 is 1.53 bits per heavy atom. The number of aromatic nitrogens is 4. The molecule has 5 heterocycles. The van der Waals surface area contributed by atoms with Gasteiger partial charge < -0.3 is 56.1 Å². The van der Waals surface area contributed by atoms with E-state index in [9.17, 15) is 44.1 Å². The average Bonchev–Trinajstić information content (AvgIpc) is 3.61. The zero-order chi connectivity index (χ0) is 32.0. The Labute approximate surface area is 273 Å². The number of anilines is 1. The third-order valence-electron chi connectivity index (χ3n) is 6.88. The van der Waals surface area contributed by atoms with Crippen LogP contribution >= 0.6 is 15.6 Å². The number of nitrogens with two attached hydrogens (primary N) is 2. The largest absolute Gasteiger partial charge is 0.481 e. The maximum Gasteiger partial charge on any atom is 0.481 e. The van der Waals surface area contributed by atoms with Gasteiger partial charge in [-0.25, -0.2) is 24.1 Å². The molecular weight excluding hydrogens is 843 g/mol. The van der Waals surface area contributed by atoms with Crippen LogP contribution < -0.4 is 11.5 Å². The Hall–Kier alpha value is -1.96. The first-order valence-electron chi connectivity index (χ1n) is 12.7. The normalized spacial score (nSPS) is 32.6. The molecule has 2 aromatic heterocycles. The van der Waals surface area contributed by atoms with Crippen molar-refractivity contribution in [1.82, 2.24) is 24.4 Å². The van der Waals surface area contributed by atoms with Crippen LogP contribution in [0.5, 0.6) is 0 Å². The molecule has 2 saturated heterocycles. The number of phosphoric ester groups is 2. The van der Waals surface area contributed by atoms with Gasteiger partial charge in [0.1, 0.15) is 48.5 Å². The summed E-state index contributed by atoms with van der Waals surface area (Å²) in [7, 11) is -10.7. The van der Waals surface area contributed by atoms with Gasteiger partial charge in [-0.1, -0.05) is 6.08 Å². The molecule has 21 nitrogen and oxygen atoms in total. The molecule has 0 saturated carbocycles. The number of phosphoric acid groups is 2. The van der Waals surface area contributed by atoms with Crippen molar-refractivity contribution in [2.45, 2.75) is 55.5 Å². The number of rotatable bonds is 11. The molecule has 4 radical (unpaired) electrons. The Balaban J connectivity index is 0.00000461. The van der Waals surface area contributed by atoms with Crippen LogP contribution in [0.15, 0.2) is 36.7 Å². The zero-order valence-corrected chi connectivity index (χ0v) is 28.5. The van der Waals surface area contributed by atoms with E-state index in [1.54, 1.807) is 6.08 Å². The van der Waals surface area contributed by atoms with Crippen molar-refractivity contribution in [3.63, 3.8) is 0 Å². The summed E-state index contributed by atoms with van der Waals surface area (Å²) in [4.78, 5) is 44.6. The van der Waals surface area contributed by atoms with Crippen molar-refractivity contribution in [1.29, 1.82) is 0 Å². The van der Waals surface area contributed by atoms with Crippen LogP contribution in [0.4, 0.5) is 5.82 Å². The van der Waals surface area contributed by atoms with Gasteiger partial charge in [0.2, 0.25) is 5.91 Å². The van der Waals surface area contributed by atoms with Gasteiger partial charge in [-0.15, -0.1) is 0 Å². The molecule has 246 valence electrons. The van der Waals surface area contributed by atoms with Crippen LogP contribution in [0.25, 0.3) is 11.2 Å². The zero-order valence-electron chi connectivity index (χ0n) is 22.9. The Morgan fingerprint density at radius 1 is 0.956 bits per heavy atom. The van der Waals surface area contributed by atoms with E-state index in [-0.39, 0.29) is 56.3 Å². The number of fused-ring (bicyclic) bond motifs is 1. The third kappa shape index (κ3) is 7.79. The number of carbonyl (C=O) groups is 1. The number of amides is 1. The Kier molecular flexibility index (Phi) is 11.2. The van der Waals surface area contributed by atoms with Gasteiger partial charge in [-0.3, -0.25) is 18.4 Å². The van der Waals surface area contributed by atoms with Crippen molar-refractivity contribution in [2.75, 3.05) is 18.9 Å². The minimum atomic E-state index is -5.37. The fourth-order valence-corrected chi connectivity index (χ4v) is 6.77. The van der Waals surface area contributed by atoms with Crippen LogP contribution in [-0.2, 0) is 36.8 Å². The van der Waals surface area contributed by atoms with Gasteiger partial charge in [-0.05, 0) is 6.42 Å². The molecule has 45 heavy (non-hydrogen) atoms. The van der Waals surface area contributed by atoms with Crippen molar-refractivity contribution >= 4 is 65.8 Å². The number of aliphatic hydroxyl groups excluding tert-OH is 4. The van der Waals surface area contributed by atoms with Gasteiger partial charge in [0.05, 0.1) is 19.5 Å². The molecule has 0 bridgehead atoms. The molecule has 1 amide bonds. The predicted octanol–water partition coefficient (Wildman–Crippen LogP) is -3.07. The molecule has 0 aliphatic carbocycles. The molecule has 2 aromatic rings. The van der Waals surface area contributed by atoms with Crippen molar-refractivity contribution < 1.29 is 67.0 Å². The van der Waals surface area contributed by atoms with Gasteiger partial charge >= 0.3 is 15.6 Å². The Morgan fingerprint density at radius 3 is 2.13 bits per heavy atom. The molecule has 2 fully saturated rings. The summed E-state index contributed by atoms with van der Waals surface area (Å²) in [5.41, 5.74) is 11.6. The molecule has 10 atom stereocenters. The number of aliphatic hydroxyl groups is 4. The van der Waals surface area contributed by atoms with Crippen LogP contribution in [0.3, 0.4) is 0 Å². The molecule has 3 aliphatic rings. The van der Waals surface area contributed by atoms with E-state index < -0.39 is 83.8 Å².